The molecule has 0 aliphatic carbocycles. The van der Waals surface area contributed by atoms with Crippen molar-refractivity contribution in [2.24, 2.45) is 0 Å². The largest absolute Gasteiger partial charge is 0.351 e. The highest BCUT2D eigenvalue weighted by atomic mass is 16.1. The van der Waals surface area contributed by atoms with E-state index in [-0.39, 0.29) is 5.91 Å². The first-order valence-corrected chi connectivity index (χ1v) is 7.81. The normalized spacial score (nSPS) is 11.1. The first-order valence-electron chi connectivity index (χ1n) is 7.81. The number of nitrogens with one attached hydrogen (secondary N) is 1. The molecule has 0 unspecified atom stereocenters. The number of carbonyl (C=O) groups is 1. The van der Waals surface area contributed by atoms with Crippen molar-refractivity contribution >= 4 is 11.6 Å². The number of hydrogen-bond acceptors (Lipinski definition) is 4. The minimum Gasteiger partial charge on any atom is -0.351 e. The lowest BCUT2D eigenvalue weighted by Gasteiger charge is -2.04. The molecule has 0 atom stereocenters. The Balaban J connectivity index is 2.06. The minimum absolute atomic E-state index is 0.177. The second-order valence-corrected chi connectivity index (χ2v) is 5.34. The van der Waals surface area contributed by atoms with Crippen LogP contribution in [0.15, 0.2) is 24.5 Å². The lowest BCUT2D eigenvalue weighted by atomic mass is 10.2. The average Bonchev–Trinajstić information content (AvgIpc) is 3.15. The van der Waals surface area contributed by atoms with Gasteiger partial charge in [-0.15, -0.1) is 0 Å². The molecule has 0 saturated carbocycles. The van der Waals surface area contributed by atoms with Crippen LogP contribution >= 0.6 is 0 Å². The van der Waals surface area contributed by atoms with Crippen LogP contribution in [-0.2, 0) is 6.54 Å². The van der Waals surface area contributed by atoms with E-state index in [1.165, 1.54) is 0 Å². The van der Waals surface area contributed by atoms with Gasteiger partial charge in [-0.1, -0.05) is 6.92 Å². The lowest BCUT2D eigenvalue weighted by Crippen LogP contribution is -2.24. The van der Waals surface area contributed by atoms with Gasteiger partial charge in [0.05, 0.1) is 11.9 Å². The third kappa shape index (κ3) is 2.69. The summed E-state index contributed by atoms with van der Waals surface area (Å²) in [5.41, 5.74) is 3.95. The molecule has 0 bridgehead atoms. The van der Waals surface area contributed by atoms with E-state index in [2.05, 4.69) is 27.4 Å². The standard InChI is InChI=1S/C16H20N6O/c1-4-7-18-16(23)13-9-15-17-8-6-14(22(15)20-13)12-10-19-21(5-2)11(12)3/h6,8-10H,4-5,7H2,1-3H3,(H,18,23). The van der Waals surface area contributed by atoms with Crippen LogP contribution in [0.1, 0.15) is 36.5 Å². The van der Waals surface area contributed by atoms with Crippen molar-refractivity contribution in [1.29, 1.82) is 0 Å². The highest BCUT2D eigenvalue weighted by Gasteiger charge is 2.16. The van der Waals surface area contributed by atoms with Crippen molar-refractivity contribution in [2.75, 3.05) is 6.54 Å². The summed E-state index contributed by atoms with van der Waals surface area (Å²) in [5, 5.41) is 11.6. The van der Waals surface area contributed by atoms with Gasteiger partial charge in [-0.25, -0.2) is 9.50 Å². The summed E-state index contributed by atoms with van der Waals surface area (Å²) in [6.07, 6.45) is 4.44. The van der Waals surface area contributed by atoms with Gasteiger partial charge in [0, 0.05) is 36.6 Å². The smallest absolute Gasteiger partial charge is 0.271 e. The molecule has 23 heavy (non-hydrogen) atoms. The Bertz CT molecular complexity index is 847. The van der Waals surface area contributed by atoms with Gasteiger partial charge in [0.1, 0.15) is 0 Å². The number of amides is 1. The molecule has 0 radical (unpaired) electrons. The zero-order valence-corrected chi connectivity index (χ0v) is 13.6. The van der Waals surface area contributed by atoms with Crippen molar-refractivity contribution < 1.29 is 4.79 Å². The molecule has 3 aromatic heterocycles. The molecule has 3 rings (SSSR count). The highest BCUT2D eigenvalue weighted by Crippen LogP contribution is 2.23. The molecule has 0 aliphatic rings. The van der Waals surface area contributed by atoms with Gasteiger partial charge < -0.3 is 5.32 Å². The molecule has 3 heterocycles. The van der Waals surface area contributed by atoms with E-state index in [0.29, 0.717) is 17.9 Å². The van der Waals surface area contributed by atoms with Crippen molar-refractivity contribution in [3.63, 3.8) is 0 Å². The Morgan fingerprint density at radius 1 is 1.35 bits per heavy atom. The topological polar surface area (TPSA) is 77.1 Å². The second-order valence-electron chi connectivity index (χ2n) is 5.34. The maximum Gasteiger partial charge on any atom is 0.271 e. The van der Waals surface area contributed by atoms with Crippen LogP contribution in [-0.4, -0.2) is 36.8 Å². The molecule has 7 nitrogen and oxygen atoms in total. The third-order valence-corrected chi connectivity index (χ3v) is 3.80. The monoisotopic (exact) mass is 312 g/mol. The van der Waals surface area contributed by atoms with Gasteiger partial charge >= 0.3 is 0 Å². The quantitative estimate of drug-likeness (QED) is 0.782. The first kappa shape index (κ1) is 15.2. The Kier molecular flexibility index (Phi) is 4.10. The maximum absolute atomic E-state index is 12.1. The number of nitrogens with zero attached hydrogens (tertiary/aromatic N) is 5. The molecule has 0 fully saturated rings. The van der Waals surface area contributed by atoms with E-state index in [4.69, 9.17) is 0 Å². The van der Waals surface area contributed by atoms with Crippen LogP contribution in [0.2, 0.25) is 0 Å². The van der Waals surface area contributed by atoms with E-state index in [0.717, 1.165) is 29.9 Å². The number of hydrogen-bond donors (Lipinski definition) is 1. The molecular weight excluding hydrogens is 292 g/mol. The summed E-state index contributed by atoms with van der Waals surface area (Å²) < 4.78 is 3.63. The number of carbonyl (C=O) groups excluding carboxylic acids is 1. The Labute approximate surface area is 134 Å². The summed E-state index contributed by atoms with van der Waals surface area (Å²) in [6.45, 7) is 7.53. The van der Waals surface area contributed by atoms with Crippen molar-refractivity contribution in [3.05, 3.63) is 35.9 Å². The van der Waals surface area contributed by atoms with Crippen LogP contribution in [0.25, 0.3) is 16.9 Å². The number of aromatic nitrogens is 5. The molecule has 0 spiro atoms. The summed E-state index contributed by atoms with van der Waals surface area (Å²) in [4.78, 5) is 16.4. The summed E-state index contributed by atoms with van der Waals surface area (Å²) in [5.74, 6) is -0.177. The Hall–Kier alpha value is -2.70. The van der Waals surface area contributed by atoms with E-state index in [9.17, 15) is 4.79 Å². The number of fused-ring (bicyclic) bond motifs is 1. The molecule has 3 aromatic rings. The molecule has 0 aromatic carbocycles. The van der Waals surface area contributed by atoms with Crippen LogP contribution in [0.5, 0.6) is 0 Å². The molecule has 7 heteroatoms. The molecule has 0 aliphatic heterocycles. The fourth-order valence-corrected chi connectivity index (χ4v) is 2.56. The van der Waals surface area contributed by atoms with E-state index in [1.807, 2.05) is 30.8 Å². The lowest BCUT2D eigenvalue weighted by molar-refractivity contribution is 0.0948. The molecule has 1 N–H and O–H groups in total. The van der Waals surface area contributed by atoms with Gasteiger partial charge in [-0.2, -0.15) is 10.2 Å². The predicted molar refractivity (Wildman–Crippen MR) is 87.2 cm³/mol. The van der Waals surface area contributed by atoms with Crippen LogP contribution < -0.4 is 5.32 Å². The van der Waals surface area contributed by atoms with Gasteiger partial charge in [0.2, 0.25) is 0 Å². The zero-order chi connectivity index (χ0) is 16.4. The molecule has 1 amide bonds. The van der Waals surface area contributed by atoms with Crippen LogP contribution in [0.4, 0.5) is 0 Å². The number of aryl methyl sites for hydroxylation is 1. The number of rotatable bonds is 5. The average molecular weight is 312 g/mol. The van der Waals surface area contributed by atoms with Gasteiger partial charge in [0.15, 0.2) is 11.3 Å². The summed E-state index contributed by atoms with van der Waals surface area (Å²) in [6, 6.07) is 3.59. The van der Waals surface area contributed by atoms with Crippen molar-refractivity contribution in [1.82, 2.24) is 29.7 Å². The van der Waals surface area contributed by atoms with Crippen molar-refractivity contribution in [3.8, 4) is 11.3 Å². The van der Waals surface area contributed by atoms with E-state index < -0.39 is 0 Å². The fraction of sp³-hybridized carbons (Fsp3) is 0.375. The summed E-state index contributed by atoms with van der Waals surface area (Å²) >= 11 is 0. The highest BCUT2D eigenvalue weighted by molar-refractivity contribution is 5.93. The van der Waals surface area contributed by atoms with Crippen LogP contribution in [0.3, 0.4) is 0 Å². The predicted octanol–water partition coefficient (Wildman–Crippen LogP) is 2.06. The fourth-order valence-electron chi connectivity index (χ4n) is 2.56. The van der Waals surface area contributed by atoms with E-state index >= 15 is 0 Å². The SMILES string of the molecule is CCCNC(=O)c1cc2nccc(-c3cnn(CC)c3C)n2n1. The Morgan fingerprint density at radius 3 is 2.87 bits per heavy atom. The van der Waals surface area contributed by atoms with E-state index in [1.54, 1.807) is 16.8 Å². The zero-order valence-electron chi connectivity index (χ0n) is 13.6. The van der Waals surface area contributed by atoms with Gasteiger partial charge in [-0.05, 0) is 26.3 Å². The van der Waals surface area contributed by atoms with Crippen LogP contribution in [0, 0.1) is 6.92 Å². The molecule has 0 saturated heterocycles. The molecule has 120 valence electrons. The van der Waals surface area contributed by atoms with Gasteiger partial charge in [-0.3, -0.25) is 9.48 Å². The minimum atomic E-state index is -0.177. The molecular formula is C16H20N6O. The third-order valence-electron chi connectivity index (χ3n) is 3.80. The van der Waals surface area contributed by atoms with Gasteiger partial charge in [0.25, 0.3) is 5.91 Å². The maximum atomic E-state index is 12.1. The second kappa shape index (κ2) is 6.20. The van der Waals surface area contributed by atoms with Crippen molar-refractivity contribution in [2.45, 2.75) is 33.7 Å². The first-order chi connectivity index (χ1) is 11.2. The summed E-state index contributed by atoms with van der Waals surface area (Å²) in [7, 11) is 0. The Morgan fingerprint density at radius 2 is 2.17 bits per heavy atom.